The summed E-state index contributed by atoms with van der Waals surface area (Å²) in [4.78, 5) is 8.62. The fourth-order valence-electron chi connectivity index (χ4n) is 18.6. The van der Waals surface area contributed by atoms with Gasteiger partial charge in [-0.2, -0.15) is 0 Å². The third kappa shape index (κ3) is 7.41. The largest absolute Gasteiger partial charge is 0.456 e. The molecule has 4 unspecified atom stereocenters. The quantitative estimate of drug-likeness (QED) is 0.164. The first-order valence-corrected chi connectivity index (χ1v) is 35.9. The van der Waals surface area contributed by atoms with Gasteiger partial charge in [0.05, 0.1) is 30.7 Å². The zero-order chi connectivity index (χ0) is 58.3. The van der Waals surface area contributed by atoms with Crippen LogP contribution in [-0.2, 0) is 27.1 Å². The van der Waals surface area contributed by atoms with Gasteiger partial charge in [-0.05, 0) is 201 Å². The van der Waals surface area contributed by atoms with Gasteiger partial charge in [-0.3, -0.25) is 0 Å². The fraction of sp³-hybridized carbons (Fsp3) is 0.481. The maximum absolute atomic E-state index is 6.91. The molecule has 2 saturated carbocycles. The van der Waals surface area contributed by atoms with Gasteiger partial charge in [0, 0.05) is 44.9 Å². The Kier molecular flexibility index (Phi) is 11.1. The predicted octanol–water partition coefficient (Wildman–Crippen LogP) is 19.6. The van der Waals surface area contributed by atoms with E-state index in [0.29, 0.717) is 0 Å². The third-order valence-electron chi connectivity index (χ3n) is 24.4. The molecule has 4 atom stereocenters. The molecule has 0 amide bonds. The van der Waals surface area contributed by atoms with E-state index in [0.717, 1.165) is 17.6 Å². The molecule has 4 nitrogen and oxygen atoms in total. The van der Waals surface area contributed by atoms with Crippen LogP contribution in [0.4, 0.5) is 39.8 Å². The highest BCUT2D eigenvalue weighted by molar-refractivity contribution is 6.91. The first-order chi connectivity index (χ1) is 39.0. The minimum absolute atomic E-state index is 0.0209. The van der Waals surface area contributed by atoms with Gasteiger partial charge < -0.3 is 19.1 Å². The van der Waals surface area contributed by atoms with E-state index in [1.807, 2.05) is 0 Å². The second kappa shape index (κ2) is 17.0. The van der Waals surface area contributed by atoms with Crippen LogP contribution in [-0.4, -0.2) is 26.4 Å². The third-order valence-corrected chi connectivity index (χ3v) is 26.4. The summed E-state index contributed by atoms with van der Waals surface area (Å²) in [6.45, 7) is 43.3. The van der Waals surface area contributed by atoms with E-state index in [1.165, 1.54) is 136 Å². The van der Waals surface area contributed by atoms with Gasteiger partial charge in [-0.1, -0.05) is 188 Å². The molecular weight excluding hydrogens is 1020 g/mol. The Bertz CT molecular complexity index is 4020. The predicted molar refractivity (Wildman–Crippen MR) is 359 cm³/mol. The molecule has 5 aliphatic carbocycles. The molecule has 83 heavy (non-hydrogen) atoms. The lowest BCUT2D eigenvalue weighted by atomic mass is 9.28. The number of hydrogen-bond donors (Lipinski definition) is 0. The minimum atomic E-state index is -1.65. The van der Waals surface area contributed by atoms with E-state index in [2.05, 4.69) is 247 Å². The van der Waals surface area contributed by atoms with Crippen LogP contribution in [0.2, 0.25) is 25.5 Å². The number of allylic oxidation sites excluding steroid dienone is 2. The molecule has 0 saturated heterocycles. The summed E-state index contributed by atoms with van der Waals surface area (Å²) in [5.74, 6) is 0.140. The van der Waals surface area contributed by atoms with Gasteiger partial charge in [0.25, 0.3) is 0 Å². The molecule has 15 rings (SSSR count). The first-order valence-electron chi connectivity index (χ1n) is 32.4. The second-order valence-corrected chi connectivity index (χ2v) is 38.3. The molecule has 2 fully saturated rings. The summed E-state index contributed by atoms with van der Waals surface area (Å²) in [7, 11) is -1.65. The Morgan fingerprint density at radius 3 is 1.77 bits per heavy atom. The van der Waals surface area contributed by atoms with Crippen molar-refractivity contribution in [3.8, 4) is 0 Å². The summed E-state index contributed by atoms with van der Waals surface area (Å²) in [5, 5.41) is 3.95. The molecule has 0 N–H and O–H groups in total. The summed E-state index contributed by atoms with van der Waals surface area (Å²) in [6, 6.07) is 42.3. The topological polar surface area (TPSA) is 22.9 Å². The zero-order valence-corrected chi connectivity index (χ0v) is 54.5. The summed E-state index contributed by atoms with van der Waals surface area (Å²) < 4.78 is 6.91. The van der Waals surface area contributed by atoms with Gasteiger partial charge in [-0.15, -0.1) is 0 Å². The average Bonchev–Trinajstić information content (AvgIpc) is 1.77. The first kappa shape index (κ1) is 54.0. The number of hydrogen-bond acceptors (Lipinski definition) is 4. The summed E-state index contributed by atoms with van der Waals surface area (Å²) in [6.07, 6.45) is 17.6. The van der Waals surface area contributed by atoms with Gasteiger partial charge in [0.1, 0.15) is 11.2 Å². The Hall–Kier alpha value is -5.72. The molecular formula is C77H92BN3OSi. The van der Waals surface area contributed by atoms with Crippen LogP contribution >= 0.6 is 0 Å². The van der Waals surface area contributed by atoms with Crippen molar-refractivity contribution in [2.75, 3.05) is 14.7 Å². The monoisotopic (exact) mass is 1110 g/mol. The van der Waals surface area contributed by atoms with Crippen molar-refractivity contribution in [1.29, 1.82) is 0 Å². The molecule has 8 aliphatic rings. The lowest BCUT2D eigenvalue weighted by Crippen LogP contribution is -2.63. The minimum Gasteiger partial charge on any atom is -0.456 e. The zero-order valence-electron chi connectivity index (χ0n) is 53.5. The highest BCUT2D eigenvalue weighted by atomic mass is 28.3. The Morgan fingerprint density at radius 2 is 1.07 bits per heavy atom. The number of benzene rings is 6. The van der Waals surface area contributed by atoms with Crippen LogP contribution in [0.25, 0.3) is 21.9 Å². The van der Waals surface area contributed by atoms with E-state index >= 15 is 0 Å². The van der Waals surface area contributed by atoms with Crippen LogP contribution in [0.15, 0.2) is 131 Å². The number of furan rings is 1. The average molecular weight is 1110 g/mol. The molecule has 6 aromatic carbocycles. The molecule has 6 heteroatoms. The number of nitrogens with zero attached hydrogens (tertiary/aromatic N) is 3. The molecule has 1 aromatic heterocycles. The highest BCUT2D eigenvalue weighted by Gasteiger charge is 2.60. The van der Waals surface area contributed by atoms with Crippen LogP contribution in [0.3, 0.4) is 0 Å². The van der Waals surface area contributed by atoms with Crippen molar-refractivity contribution in [3.05, 3.63) is 154 Å². The van der Waals surface area contributed by atoms with Crippen molar-refractivity contribution >= 4 is 92.6 Å². The van der Waals surface area contributed by atoms with Crippen molar-refractivity contribution in [3.63, 3.8) is 0 Å². The van der Waals surface area contributed by atoms with Crippen molar-refractivity contribution in [2.45, 2.75) is 225 Å². The van der Waals surface area contributed by atoms with E-state index < -0.39 is 8.07 Å². The Balaban J connectivity index is 1.12. The molecule has 7 aromatic rings. The number of rotatable bonds is 4. The van der Waals surface area contributed by atoms with Gasteiger partial charge in [0.15, 0.2) is 0 Å². The number of fused-ring (bicyclic) bond motifs is 13. The maximum Gasteiger partial charge on any atom is 0.226 e. The van der Waals surface area contributed by atoms with Crippen molar-refractivity contribution in [2.24, 2.45) is 10.8 Å². The maximum atomic E-state index is 6.91. The summed E-state index contributed by atoms with van der Waals surface area (Å²) >= 11 is 0. The van der Waals surface area contributed by atoms with Crippen LogP contribution < -0.4 is 30.8 Å². The highest BCUT2D eigenvalue weighted by Crippen LogP contribution is 2.64. The van der Waals surface area contributed by atoms with Crippen LogP contribution in [0.1, 0.15) is 189 Å². The van der Waals surface area contributed by atoms with E-state index in [1.54, 1.807) is 27.5 Å². The molecule has 4 heterocycles. The van der Waals surface area contributed by atoms with Gasteiger partial charge in [-0.25, -0.2) is 0 Å². The van der Waals surface area contributed by atoms with Crippen LogP contribution in [0, 0.1) is 10.8 Å². The second-order valence-electron chi connectivity index (χ2n) is 33.2. The van der Waals surface area contributed by atoms with Crippen molar-refractivity contribution in [1.82, 2.24) is 0 Å². The van der Waals surface area contributed by atoms with Gasteiger partial charge >= 0.3 is 0 Å². The van der Waals surface area contributed by atoms with E-state index in [4.69, 9.17) is 4.42 Å². The normalized spacial score (nSPS) is 27.1. The van der Waals surface area contributed by atoms with E-state index in [9.17, 15) is 0 Å². The lowest BCUT2D eigenvalue weighted by molar-refractivity contribution is 0.195. The molecule has 0 bridgehead atoms. The standard InChI is InChI=1S/C77H92BN3OSi/c1-70(2)33-34-71(3,4)52-39-47(27-29-51(52)70)79-62-45-55-53(72(5,6)35-37-74(55,9)10)43-58(62)78-59-44-54-56(75(11,12)38-36-73(54,7)8)46-63(59)80(61-24-22-26-67-68(61)50-23-18-19-25-66(50)82-67)65-41-48(40-64(79)69(65)78)81-60-30-28-49(83(15,16)17)42-57(60)76(13)31-20-21-32-77(76,81)14/h18-19,22-30,39-46,59,63H,20-21,31-38H2,1-17H3. The van der Waals surface area contributed by atoms with Crippen LogP contribution in [0.5, 0.6) is 0 Å². The Labute approximate surface area is 499 Å². The molecule has 0 spiro atoms. The molecule has 428 valence electrons. The SMILES string of the molecule is CC1(C)CCC(C)(C)C2=CC3C(C=C21)B1c2cc4c(cc2N(c2ccc5c(c2)C(C)(C)CCC5(C)C)c2cc(N5c6ccc([Si](C)(C)C)cc6C6(C)CCCCC56C)cc(c21)N3c1cccc2oc3ccccc3c12)C(C)(C)CCC4(C)C. The molecule has 3 aliphatic heterocycles. The Morgan fingerprint density at radius 1 is 0.470 bits per heavy atom. The van der Waals surface area contributed by atoms with E-state index in [-0.39, 0.29) is 62.0 Å². The number of anilines is 7. The van der Waals surface area contributed by atoms with Crippen molar-refractivity contribution < 1.29 is 4.42 Å². The lowest BCUT2D eigenvalue weighted by Gasteiger charge is -2.55. The smallest absolute Gasteiger partial charge is 0.226 e. The molecule has 0 radical (unpaired) electrons. The fourth-order valence-corrected chi connectivity index (χ4v) is 19.7. The number of para-hydroxylation sites is 1. The van der Waals surface area contributed by atoms with Gasteiger partial charge in [0.2, 0.25) is 6.71 Å². The summed E-state index contributed by atoms with van der Waals surface area (Å²) in [5.41, 5.74) is 25.0.